The molecular formula is C8H9N3O. The van der Waals surface area contributed by atoms with E-state index in [1.54, 1.807) is 6.20 Å². The molecule has 0 saturated carbocycles. The van der Waals surface area contributed by atoms with Crippen LogP contribution in [-0.4, -0.2) is 15.2 Å². The second-order valence-electron chi connectivity index (χ2n) is 2.83. The van der Waals surface area contributed by atoms with E-state index in [0.29, 0.717) is 5.69 Å². The maximum atomic E-state index is 11.2. The molecule has 0 aromatic rings. The first-order chi connectivity index (χ1) is 5.70. The predicted molar refractivity (Wildman–Crippen MR) is 45.3 cm³/mol. The second kappa shape index (κ2) is 2.20. The zero-order valence-electron chi connectivity index (χ0n) is 6.93. The van der Waals surface area contributed by atoms with Crippen molar-refractivity contribution < 1.29 is 0 Å². The minimum Gasteiger partial charge on any atom is -0.305 e. The lowest BCUT2D eigenvalue weighted by Gasteiger charge is -1.94. The summed E-state index contributed by atoms with van der Waals surface area (Å²) in [6.45, 7) is 3.85. The highest BCUT2D eigenvalue weighted by Crippen LogP contribution is 2.22. The summed E-state index contributed by atoms with van der Waals surface area (Å²) in [5.74, 6) is 0. The van der Waals surface area contributed by atoms with Gasteiger partial charge in [-0.3, -0.25) is 9.89 Å². The molecule has 12 heavy (non-hydrogen) atoms. The van der Waals surface area contributed by atoms with Crippen LogP contribution in [0.2, 0.25) is 0 Å². The zero-order chi connectivity index (χ0) is 8.72. The second-order valence-corrected chi connectivity index (χ2v) is 2.83. The van der Waals surface area contributed by atoms with Crippen LogP contribution in [0.5, 0.6) is 0 Å². The molecule has 4 nitrogen and oxygen atoms in total. The first-order valence-corrected chi connectivity index (χ1v) is 3.73. The minimum absolute atomic E-state index is 0.163. The van der Waals surface area contributed by atoms with Gasteiger partial charge in [0.05, 0.1) is 0 Å². The van der Waals surface area contributed by atoms with Gasteiger partial charge < -0.3 is 5.10 Å². The molecule has 2 aliphatic heterocycles. The fourth-order valence-corrected chi connectivity index (χ4v) is 1.27. The molecule has 2 aliphatic rings. The quantitative estimate of drug-likeness (QED) is 0.604. The third kappa shape index (κ3) is 0.777. The fraction of sp³-hybridized carbons (Fsp3) is 0.250. The summed E-state index contributed by atoms with van der Waals surface area (Å²) in [7, 11) is 0. The van der Waals surface area contributed by atoms with E-state index in [9.17, 15) is 4.79 Å². The molecule has 2 N–H and O–H groups in total. The summed E-state index contributed by atoms with van der Waals surface area (Å²) in [6, 6.07) is 0. The number of hydrogen-bond acceptors (Lipinski definition) is 2. The van der Waals surface area contributed by atoms with Crippen molar-refractivity contribution in [1.82, 2.24) is 15.2 Å². The van der Waals surface area contributed by atoms with Crippen molar-refractivity contribution in [3.8, 4) is 11.3 Å². The van der Waals surface area contributed by atoms with Gasteiger partial charge in [-0.25, -0.2) is 4.98 Å². The van der Waals surface area contributed by atoms with Crippen molar-refractivity contribution >= 4 is 0 Å². The van der Waals surface area contributed by atoms with Gasteiger partial charge in [-0.05, 0) is 19.4 Å². The molecule has 0 spiro atoms. The van der Waals surface area contributed by atoms with Crippen molar-refractivity contribution in [3.05, 3.63) is 27.8 Å². The SMILES string of the molecule is Cc1nc2c(=O)[nH][nH]cc-2c1C. The highest BCUT2D eigenvalue weighted by Gasteiger charge is 2.14. The molecule has 0 fully saturated rings. The topological polar surface area (TPSA) is 61.5 Å². The first kappa shape index (κ1) is 7.09. The zero-order valence-corrected chi connectivity index (χ0v) is 6.93. The average molecular weight is 163 g/mol. The van der Waals surface area contributed by atoms with E-state index < -0.39 is 0 Å². The molecule has 62 valence electrons. The molecule has 0 amide bonds. The van der Waals surface area contributed by atoms with Crippen molar-refractivity contribution in [2.24, 2.45) is 0 Å². The Bertz CT molecular complexity index is 440. The van der Waals surface area contributed by atoms with Gasteiger partial charge in [-0.2, -0.15) is 0 Å². The maximum Gasteiger partial charge on any atom is 0.288 e. The molecule has 2 heterocycles. The molecular weight excluding hydrogens is 154 g/mol. The summed E-state index contributed by atoms with van der Waals surface area (Å²) in [6.07, 6.45) is 1.76. The van der Waals surface area contributed by atoms with Crippen LogP contribution in [0.15, 0.2) is 11.0 Å². The number of aryl methyl sites for hydroxylation is 1. The maximum absolute atomic E-state index is 11.2. The van der Waals surface area contributed by atoms with Crippen LogP contribution < -0.4 is 5.56 Å². The fourth-order valence-electron chi connectivity index (χ4n) is 1.27. The number of hydrogen-bond donors (Lipinski definition) is 2. The Morgan fingerprint density at radius 3 is 2.83 bits per heavy atom. The highest BCUT2D eigenvalue weighted by atomic mass is 16.1. The van der Waals surface area contributed by atoms with Crippen molar-refractivity contribution in [2.45, 2.75) is 13.8 Å². The van der Waals surface area contributed by atoms with Crippen molar-refractivity contribution in [1.29, 1.82) is 0 Å². The Hall–Kier alpha value is -1.58. The van der Waals surface area contributed by atoms with Gasteiger partial charge in [-0.15, -0.1) is 0 Å². The molecule has 0 saturated heterocycles. The Labute approximate surface area is 69.0 Å². The molecule has 2 rings (SSSR count). The van der Waals surface area contributed by atoms with Gasteiger partial charge in [0.25, 0.3) is 5.56 Å². The number of aromatic nitrogens is 3. The molecule has 0 aliphatic carbocycles. The van der Waals surface area contributed by atoms with E-state index >= 15 is 0 Å². The molecule has 0 aromatic heterocycles. The summed E-state index contributed by atoms with van der Waals surface area (Å²) in [5, 5.41) is 5.15. The van der Waals surface area contributed by atoms with Gasteiger partial charge in [0, 0.05) is 17.5 Å². The van der Waals surface area contributed by atoms with Crippen LogP contribution in [0.4, 0.5) is 0 Å². The predicted octanol–water partition coefficient (Wildman–Crippen LogP) is 0.820. The number of H-pyrrole nitrogens is 2. The molecule has 0 bridgehead atoms. The average Bonchev–Trinajstić information content (AvgIpc) is 2.32. The molecule has 4 heteroatoms. The number of fused-ring (bicyclic) bond motifs is 1. The van der Waals surface area contributed by atoms with Crippen LogP contribution in [-0.2, 0) is 0 Å². The Morgan fingerprint density at radius 2 is 2.17 bits per heavy atom. The monoisotopic (exact) mass is 163 g/mol. The summed E-state index contributed by atoms with van der Waals surface area (Å²) in [4.78, 5) is 15.3. The smallest absolute Gasteiger partial charge is 0.288 e. The molecule has 0 radical (unpaired) electrons. The number of nitrogens with one attached hydrogen (secondary N) is 2. The van der Waals surface area contributed by atoms with Crippen molar-refractivity contribution in [3.63, 3.8) is 0 Å². The number of aromatic amines is 2. The van der Waals surface area contributed by atoms with E-state index in [0.717, 1.165) is 16.8 Å². The van der Waals surface area contributed by atoms with Crippen LogP contribution in [0.3, 0.4) is 0 Å². The summed E-state index contributed by atoms with van der Waals surface area (Å²) >= 11 is 0. The minimum atomic E-state index is -0.163. The molecule has 0 unspecified atom stereocenters. The number of nitrogens with zero attached hydrogens (tertiary/aromatic N) is 1. The Morgan fingerprint density at radius 1 is 1.42 bits per heavy atom. The highest BCUT2D eigenvalue weighted by molar-refractivity contribution is 5.65. The molecule has 0 atom stereocenters. The summed E-state index contributed by atoms with van der Waals surface area (Å²) < 4.78 is 0. The lowest BCUT2D eigenvalue weighted by molar-refractivity contribution is 0.981. The van der Waals surface area contributed by atoms with E-state index in [1.165, 1.54) is 0 Å². The van der Waals surface area contributed by atoms with Gasteiger partial charge in [0.1, 0.15) is 5.69 Å². The lowest BCUT2D eigenvalue weighted by Crippen LogP contribution is -2.10. The van der Waals surface area contributed by atoms with Crippen LogP contribution in [0.1, 0.15) is 11.3 Å². The number of rotatable bonds is 0. The van der Waals surface area contributed by atoms with E-state index in [1.807, 2.05) is 13.8 Å². The van der Waals surface area contributed by atoms with Crippen molar-refractivity contribution in [2.75, 3.05) is 0 Å². The largest absolute Gasteiger partial charge is 0.305 e. The van der Waals surface area contributed by atoms with Gasteiger partial charge >= 0.3 is 0 Å². The Balaban J connectivity index is 2.92. The van der Waals surface area contributed by atoms with Gasteiger partial charge in [0.15, 0.2) is 0 Å². The standard InChI is InChI=1S/C8H9N3O/c1-4-5(2)10-7-6(4)3-9-11-8(7)12/h3,9H,1-2H3,(H,11,12). The normalized spacial score (nSPS) is 10.8. The van der Waals surface area contributed by atoms with Gasteiger partial charge in [0.2, 0.25) is 0 Å². The third-order valence-electron chi connectivity index (χ3n) is 2.10. The van der Waals surface area contributed by atoms with E-state index in [2.05, 4.69) is 15.2 Å². The van der Waals surface area contributed by atoms with Crippen LogP contribution in [0.25, 0.3) is 11.3 Å². The van der Waals surface area contributed by atoms with Gasteiger partial charge in [-0.1, -0.05) is 0 Å². The van der Waals surface area contributed by atoms with Crippen LogP contribution >= 0.6 is 0 Å². The first-order valence-electron chi connectivity index (χ1n) is 3.73. The van der Waals surface area contributed by atoms with E-state index in [-0.39, 0.29) is 5.56 Å². The lowest BCUT2D eigenvalue weighted by atomic mass is 10.1. The Kier molecular flexibility index (Phi) is 1.30. The third-order valence-corrected chi connectivity index (χ3v) is 2.10. The van der Waals surface area contributed by atoms with Crippen LogP contribution in [0, 0.1) is 13.8 Å². The summed E-state index contributed by atoms with van der Waals surface area (Å²) in [5.41, 5.74) is 3.23. The van der Waals surface area contributed by atoms with E-state index in [4.69, 9.17) is 0 Å². The molecule has 0 aromatic carbocycles.